The van der Waals surface area contributed by atoms with Crippen molar-refractivity contribution in [2.24, 2.45) is 29.1 Å². The molecule has 1 saturated carbocycles. The largest absolute Gasteiger partial charge is 0.412 e. The van der Waals surface area contributed by atoms with E-state index in [9.17, 15) is 0 Å². The maximum atomic E-state index is 7.47. The third-order valence-electron chi connectivity index (χ3n) is 7.73. The van der Waals surface area contributed by atoms with Crippen LogP contribution in [0, 0.1) is 29.1 Å². The molecule has 0 unspecified atom stereocenters. The van der Waals surface area contributed by atoms with Crippen LogP contribution in [0.5, 0.6) is 0 Å². The van der Waals surface area contributed by atoms with Crippen molar-refractivity contribution < 1.29 is 9.16 Å². The summed E-state index contributed by atoms with van der Waals surface area (Å²) in [6, 6.07) is 10.5. The molecule has 0 spiro atoms. The summed E-state index contributed by atoms with van der Waals surface area (Å²) in [6.07, 6.45) is 0.295. The van der Waals surface area contributed by atoms with Gasteiger partial charge in [0, 0.05) is 0 Å². The highest BCUT2D eigenvalue weighted by molar-refractivity contribution is 6.77. The Morgan fingerprint density at radius 1 is 0.806 bits per heavy atom. The summed E-state index contributed by atoms with van der Waals surface area (Å²) in [7, 11) is -1.94. The molecule has 2 rings (SSSR count). The van der Waals surface area contributed by atoms with Crippen LogP contribution in [-0.2, 0) is 15.8 Å². The van der Waals surface area contributed by atoms with E-state index in [1.807, 2.05) is 0 Å². The molecule has 0 saturated heterocycles. The Hall–Kier alpha value is -0.643. The van der Waals surface area contributed by atoms with E-state index in [1.54, 1.807) is 0 Å². The molecule has 1 fully saturated rings. The topological polar surface area (TPSA) is 18.5 Å². The molecule has 178 valence electrons. The molecule has 2 nitrogen and oxygen atoms in total. The molecule has 0 radical (unpaired) electrons. The zero-order valence-electron chi connectivity index (χ0n) is 22.2. The van der Waals surface area contributed by atoms with Gasteiger partial charge in [0.1, 0.15) is 0 Å². The normalized spacial score (nSPS) is 23.3. The molecule has 0 aromatic heterocycles. The molecule has 1 aliphatic rings. The number of rotatable bonds is 11. The first-order chi connectivity index (χ1) is 14.3. The van der Waals surface area contributed by atoms with Crippen LogP contribution in [0.15, 0.2) is 30.3 Å². The van der Waals surface area contributed by atoms with Crippen molar-refractivity contribution in [1.29, 1.82) is 0 Å². The minimum Gasteiger partial charge on any atom is -0.412 e. The molecule has 0 heterocycles. The summed E-state index contributed by atoms with van der Waals surface area (Å²) in [6.45, 7) is 27.9. The SMILES string of the molecule is CC(C)[C@H]1[C@H](COCc2ccccc2)[C@H]1[C@@H](O[Si](C(C)C)(C(C)C)C(C)C)C(C)(C)C. The van der Waals surface area contributed by atoms with Crippen LogP contribution in [-0.4, -0.2) is 21.0 Å². The van der Waals surface area contributed by atoms with E-state index in [0.29, 0.717) is 53.0 Å². The first-order valence-electron chi connectivity index (χ1n) is 12.6. The van der Waals surface area contributed by atoms with Gasteiger partial charge >= 0.3 is 0 Å². The number of ether oxygens (including phenoxy) is 1. The average molecular weight is 447 g/mol. The van der Waals surface area contributed by atoms with Gasteiger partial charge in [-0.1, -0.05) is 106 Å². The fourth-order valence-corrected chi connectivity index (χ4v) is 12.1. The zero-order valence-corrected chi connectivity index (χ0v) is 23.2. The third-order valence-corrected chi connectivity index (χ3v) is 13.8. The summed E-state index contributed by atoms with van der Waals surface area (Å²) in [4.78, 5) is 0. The second-order valence-electron chi connectivity index (χ2n) is 12.3. The van der Waals surface area contributed by atoms with Crippen LogP contribution < -0.4 is 0 Å². The van der Waals surface area contributed by atoms with E-state index in [1.165, 1.54) is 5.56 Å². The maximum absolute atomic E-state index is 7.47. The average Bonchev–Trinajstić information content (AvgIpc) is 3.35. The Labute approximate surface area is 194 Å². The summed E-state index contributed by atoms with van der Waals surface area (Å²) in [5.41, 5.74) is 3.22. The maximum Gasteiger partial charge on any atom is 0.200 e. The lowest BCUT2D eigenvalue weighted by molar-refractivity contribution is 0.0331. The van der Waals surface area contributed by atoms with Gasteiger partial charge in [-0.15, -0.1) is 0 Å². The van der Waals surface area contributed by atoms with E-state index < -0.39 is 8.32 Å². The molecule has 4 atom stereocenters. The van der Waals surface area contributed by atoms with E-state index in [-0.39, 0.29) is 5.41 Å². The van der Waals surface area contributed by atoms with Gasteiger partial charge in [-0.25, -0.2) is 0 Å². The molecule has 31 heavy (non-hydrogen) atoms. The van der Waals surface area contributed by atoms with Crippen LogP contribution in [0.2, 0.25) is 16.6 Å². The Kier molecular flexibility index (Phi) is 9.03. The zero-order chi connectivity index (χ0) is 23.6. The highest BCUT2D eigenvalue weighted by Gasteiger charge is 2.60. The van der Waals surface area contributed by atoms with Crippen LogP contribution in [0.3, 0.4) is 0 Å². The smallest absolute Gasteiger partial charge is 0.200 e. The minimum atomic E-state index is -1.94. The van der Waals surface area contributed by atoms with E-state index in [4.69, 9.17) is 9.16 Å². The summed E-state index contributed by atoms with van der Waals surface area (Å²) in [5.74, 6) is 2.56. The molecule has 1 aromatic rings. The van der Waals surface area contributed by atoms with Gasteiger partial charge in [-0.3, -0.25) is 0 Å². The van der Waals surface area contributed by atoms with Gasteiger partial charge in [-0.2, -0.15) is 0 Å². The second kappa shape index (κ2) is 10.5. The molecule has 0 aliphatic heterocycles. The molecule has 0 bridgehead atoms. The van der Waals surface area contributed by atoms with Crippen molar-refractivity contribution in [2.75, 3.05) is 6.61 Å². The fourth-order valence-electron chi connectivity index (χ4n) is 6.36. The molecular weight excluding hydrogens is 396 g/mol. The minimum absolute atomic E-state index is 0.128. The molecule has 0 N–H and O–H groups in total. The van der Waals surface area contributed by atoms with Gasteiger partial charge in [0.05, 0.1) is 19.3 Å². The van der Waals surface area contributed by atoms with Gasteiger partial charge in [0.15, 0.2) is 0 Å². The molecule has 3 heteroatoms. The third kappa shape index (κ3) is 6.03. The van der Waals surface area contributed by atoms with Crippen LogP contribution in [0.25, 0.3) is 0 Å². The quantitative estimate of drug-likeness (QED) is 0.318. The van der Waals surface area contributed by atoms with E-state index >= 15 is 0 Å². The van der Waals surface area contributed by atoms with Crippen LogP contribution in [0.4, 0.5) is 0 Å². The second-order valence-corrected chi connectivity index (χ2v) is 17.7. The molecule has 0 amide bonds. The number of hydrogen-bond donors (Lipinski definition) is 0. The van der Waals surface area contributed by atoms with Crippen molar-refractivity contribution >= 4 is 8.32 Å². The summed E-state index contributed by atoms with van der Waals surface area (Å²) < 4.78 is 13.7. The lowest BCUT2D eigenvalue weighted by Gasteiger charge is -2.48. The monoisotopic (exact) mass is 446 g/mol. The number of benzene rings is 1. The van der Waals surface area contributed by atoms with Crippen LogP contribution in [0.1, 0.15) is 81.7 Å². The van der Waals surface area contributed by atoms with E-state index in [0.717, 1.165) is 6.61 Å². The van der Waals surface area contributed by atoms with Gasteiger partial charge < -0.3 is 9.16 Å². The lowest BCUT2D eigenvalue weighted by Crippen LogP contribution is -2.53. The van der Waals surface area contributed by atoms with Gasteiger partial charge in [-0.05, 0) is 51.3 Å². The Morgan fingerprint density at radius 3 is 1.74 bits per heavy atom. The van der Waals surface area contributed by atoms with Crippen LogP contribution >= 0.6 is 0 Å². The van der Waals surface area contributed by atoms with E-state index in [2.05, 4.69) is 106 Å². The van der Waals surface area contributed by atoms with Gasteiger partial charge in [0.2, 0.25) is 8.32 Å². The highest BCUT2D eigenvalue weighted by Crippen LogP contribution is 2.59. The number of hydrogen-bond acceptors (Lipinski definition) is 2. The first-order valence-corrected chi connectivity index (χ1v) is 14.8. The fraction of sp³-hybridized carbons (Fsp3) is 0.786. The molecular formula is C28H50O2Si. The molecule has 1 aliphatic carbocycles. The predicted octanol–water partition coefficient (Wildman–Crippen LogP) is 8.33. The lowest BCUT2D eigenvalue weighted by atomic mass is 9.84. The Balaban J connectivity index is 2.23. The standard InChI is InChI=1S/C28H50O2Si/c1-19(2)25-24(18-29-17-23-15-13-12-14-16-23)26(25)27(28(9,10)11)30-31(20(3)4,21(5)6)22(7)8/h12-16,19-22,24-27H,17-18H2,1-11H3/t24-,25-,26+,27+/m0/s1. The highest BCUT2D eigenvalue weighted by atomic mass is 28.4. The first kappa shape index (κ1) is 26.6. The van der Waals surface area contributed by atoms with Crippen molar-refractivity contribution in [2.45, 2.75) is 105 Å². The molecule has 1 aromatic carbocycles. The summed E-state index contributed by atoms with van der Waals surface area (Å²) in [5, 5.41) is 0. The Morgan fingerprint density at radius 2 is 1.32 bits per heavy atom. The van der Waals surface area contributed by atoms with Crippen molar-refractivity contribution in [3.63, 3.8) is 0 Å². The summed E-state index contributed by atoms with van der Waals surface area (Å²) >= 11 is 0. The van der Waals surface area contributed by atoms with Crippen molar-refractivity contribution in [3.8, 4) is 0 Å². The van der Waals surface area contributed by atoms with Crippen molar-refractivity contribution in [3.05, 3.63) is 35.9 Å². The predicted molar refractivity (Wildman–Crippen MR) is 137 cm³/mol. The Bertz CT molecular complexity index is 638. The van der Waals surface area contributed by atoms with Crippen molar-refractivity contribution in [1.82, 2.24) is 0 Å². The van der Waals surface area contributed by atoms with Gasteiger partial charge in [0.25, 0.3) is 0 Å².